The molecule has 0 aliphatic heterocycles. The summed E-state index contributed by atoms with van der Waals surface area (Å²) in [4.78, 5) is 28.6. The molecule has 0 aliphatic carbocycles. The number of pyridine rings is 1. The van der Waals surface area contributed by atoms with Crippen molar-refractivity contribution in [3.8, 4) is 5.75 Å². The number of benzene rings is 4. The molecule has 190 valence electrons. The number of nitrogens with zero attached hydrogens (tertiary/aromatic N) is 1. The number of ether oxygens (including phenoxy) is 1. The predicted octanol–water partition coefficient (Wildman–Crippen LogP) is 6.90. The first kappa shape index (κ1) is 25.0. The monoisotopic (exact) mass is 504 g/mol. The number of aliphatic carboxylic acids is 1. The lowest BCUT2D eigenvalue weighted by molar-refractivity contribution is -0.136. The molecule has 6 heteroatoms. The normalized spacial score (nSPS) is 12.7. The summed E-state index contributed by atoms with van der Waals surface area (Å²) < 4.78 is 6.21. The minimum absolute atomic E-state index is 0.0901. The maximum Gasteiger partial charge on any atom is 0.307 e. The van der Waals surface area contributed by atoms with Crippen molar-refractivity contribution in [2.45, 2.75) is 32.3 Å². The number of carboxylic acids is 1. The van der Waals surface area contributed by atoms with E-state index in [2.05, 4.69) is 11.4 Å². The fourth-order valence-corrected chi connectivity index (χ4v) is 4.49. The van der Waals surface area contributed by atoms with Crippen molar-refractivity contribution in [2.24, 2.45) is 0 Å². The molecule has 0 bridgehead atoms. The van der Waals surface area contributed by atoms with Crippen LogP contribution in [0, 0.1) is 0 Å². The third kappa shape index (κ3) is 5.65. The molecule has 1 aromatic heterocycles. The van der Waals surface area contributed by atoms with E-state index in [1.54, 1.807) is 24.3 Å². The molecule has 0 saturated carbocycles. The van der Waals surface area contributed by atoms with Crippen LogP contribution in [0.2, 0.25) is 0 Å². The summed E-state index contributed by atoms with van der Waals surface area (Å²) in [6, 6.07) is 30.9. The first-order chi connectivity index (χ1) is 18.4. The van der Waals surface area contributed by atoms with Crippen molar-refractivity contribution in [3.63, 3.8) is 0 Å². The van der Waals surface area contributed by atoms with Gasteiger partial charge in [0.05, 0.1) is 23.5 Å². The predicted molar refractivity (Wildman–Crippen MR) is 150 cm³/mol. The number of hydrogen-bond donors (Lipinski definition) is 2. The fourth-order valence-electron chi connectivity index (χ4n) is 4.49. The number of anilines is 1. The number of carboxylic acid groups (broad SMARTS) is 1. The molecule has 4 aromatic carbocycles. The molecule has 1 amide bonds. The summed E-state index contributed by atoms with van der Waals surface area (Å²) in [5.41, 5.74) is 3.92. The van der Waals surface area contributed by atoms with Gasteiger partial charge >= 0.3 is 5.97 Å². The Kier molecular flexibility index (Phi) is 7.05. The van der Waals surface area contributed by atoms with Crippen LogP contribution < -0.4 is 10.1 Å². The lowest BCUT2D eigenvalue weighted by atomic mass is 9.97. The number of aromatic nitrogens is 1. The van der Waals surface area contributed by atoms with Crippen molar-refractivity contribution in [2.75, 3.05) is 5.32 Å². The smallest absolute Gasteiger partial charge is 0.307 e. The van der Waals surface area contributed by atoms with Gasteiger partial charge in [0.2, 0.25) is 5.91 Å². The highest BCUT2D eigenvalue weighted by molar-refractivity contribution is 5.96. The molecule has 5 aromatic rings. The lowest BCUT2D eigenvalue weighted by Gasteiger charge is -2.16. The van der Waals surface area contributed by atoms with Gasteiger partial charge in [0.25, 0.3) is 0 Å². The van der Waals surface area contributed by atoms with E-state index in [0.717, 1.165) is 38.7 Å². The maximum absolute atomic E-state index is 12.9. The van der Waals surface area contributed by atoms with Gasteiger partial charge in [0, 0.05) is 11.1 Å². The van der Waals surface area contributed by atoms with Crippen molar-refractivity contribution in [1.29, 1.82) is 0 Å². The van der Waals surface area contributed by atoms with Crippen molar-refractivity contribution < 1.29 is 19.4 Å². The maximum atomic E-state index is 12.9. The topological polar surface area (TPSA) is 88.5 Å². The number of carbonyl (C=O) groups is 2. The molecule has 0 saturated heterocycles. The molecule has 0 radical (unpaired) electrons. The second-order valence-corrected chi connectivity index (χ2v) is 9.44. The van der Waals surface area contributed by atoms with E-state index in [4.69, 9.17) is 14.8 Å². The highest BCUT2D eigenvalue weighted by atomic mass is 16.5. The first-order valence-corrected chi connectivity index (χ1v) is 12.5. The zero-order valence-electron chi connectivity index (χ0n) is 21.2. The molecule has 0 fully saturated rings. The van der Waals surface area contributed by atoms with Crippen LogP contribution in [-0.2, 0) is 16.0 Å². The van der Waals surface area contributed by atoms with E-state index in [-0.39, 0.29) is 18.4 Å². The van der Waals surface area contributed by atoms with Crippen molar-refractivity contribution in [3.05, 3.63) is 114 Å². The van der Waals surface area contributed by atoms with Gasteiger partial charge in [0.1, 0.15) is 11.9 Å². The van der Waals surface area contributed by atoms with E-state index in [9.17, 15) is 9.59 Å². The molecular formula is C32H28N2O4. The van der Waals surface area contributed by atoms with Crippen LogP contribution in [-0.4, -0.2) is 22.0 Å². The SMILES string of the molecule is CC(Oc1ccc2cc(C(C)C(=O)Nc3cccc(CC(=O)O)c3)ccc2c1)c1ccc2ccccc2n1. The molecular weight excluding hydrogens is 476 g/mol. The van der Waals surface area contributed by atoms with E-state index in [1.807, 2.05) is 80.6 Å². The van der Waals surface area contributed by atoms with Crippen LogP contribution in [0.3, 0.4) is 0 Å². The Hall–Kier alpha value is -4.71. The molecule has 0 aliphatic rings. The molecule has 38 heavy (non-hydrogen) atoms. The lowest BCUT2D eigenvalue weighted by Crippen LogP contribution is -2.19. The van der Waals surface area contributed by atoms with Gasteiger partial charge in [-0.15, -0.1) is 0 Å². The summed E-state index contributed by atoms with van der Waals surface area (Å²) in [7, 11) is 0. The van der Waals surface area contributed by atoms with E-state index >= 15 is 0 Å². The summed E-state index contributed by atoms with van der Waals surface area (Å²) in [5, 5.41) is 15.0. The zero-order chi connectivity index (χ0) is 26.6. The van der Waals surface area contributed by atoms with Crippen LogP contribution in [0.5, 0.6) is 5.75 Å². The number of para-hydroxylation sites is 1. The molecule has 1 heterocycles. The molecule has 2 unspecified atom stereocenters. The molecule has 6 nitrogen and oxygen atoms in total. The largest absolute Gasteiger partial charge is 0.484 e. The number of rotatable bonds is 8. The summed E-state index contributed by atoms with van der Waals surface area (Å²) >= 11 is 0. The highest BCUT2D eigenvalue weighted by Crippen LogP contribution is 2.29. The average Bonchev–Trinajstić information content (AvgIpc) is 2.91. The van der Waals surface area contributed by atoms with Gasteiger partial charge in [-0.1, -0.05) is 60.7 Å². The van der Waals surface area contributed by atoms with Crippen molar-refractivity contribution >= 4 is 39.2 Å². The molecule has 2 atom stereocenters. The molecule has 0 spiro atoms. The Labute approximate surface area is 220 Å². The van der Waals surface area contributed by atoms with Crippen LogP contribution in [0.4, 0.5) is 5.69 Å². The Morgan fingerprint density at radius 1 is 0.842 bits per heavy atom. The second kappa shape index (κ2) is 10.7. The standard InChI is InChI=1S/C32H28N2O4/c1-20(32(37)33-27-8-5-6-22(16-27)17-31(35)36)24-10-11-26-19-28(14-12-25(26)18-24)38-21(2)29-15-13-23-7-3-4-9-30(23)34-29/h3-16,18-21H,17H2,1-2H3,(H,33,37)(H,35,36). The van der Waals surface area contributed by atoms with Crippen LogP contribution in [0.1, 0.15) is 42.7 Å². The van der Waals surface area contributed by atoms with Crippen LogP contribution in [0.25, 0.3) is 21.7 Å². The number of hydrogen-bond acceptors (Lipinski definition) is 4. The van der Waals surface area contributed by atoms with Gasteiger partial charge in [-0.3, -0.25) is 9.59 Å². The average molecular weight is 505 g/mol. The van der Waals surface area contributed by atoms with Crippen molar-refractivity contribution in [1.82, 2.24) is 4.98 Å². The highest BCUT2D eigenvalue weighted by Gasteiger charge is 2.17. The van der Waals surface area contributed by atoms with E-state index < -0.39 is 11.9 Å². The van der Waals surface area contributed by atoms with Gasteiger partial charge < -0.3 is 15.2 Å². The number of nitrogens with one attached hydrogen (secondary N) is 1. The zero-order valence-corrected chi connectivity index (χ0v) is 21.2. The minimum Gasteiger partial charge on any atom is -0.484 e. The Balaban J connectivity index is 1.28. The van der Waals surface area contributed by atoms with Gasteiger partial charge in [-0.25, -0.2) is 4.98 Å². The number of amides is 1. The Morgan fingerprint density at radius 3 is 2.45 bits per heavy atom. The minimum atomic E-state index is -0.911. The fraction of sp³-hybridized carbons (Fsp3) is 0.156. The van der Waals surface area contributed by atoms with E-state index in [1.165, 1.54) is 0 Å². The summed E-state index contributed by atoms with van der Waals surface area (Å²) in [5.74, 6) is -0.711. The van der Waals surface area contributed by atoms with Gasteiger partial charge in [-0.2, -0.15) is 0 Å². The molecule has 5 rings (SSSR count). The van der Waals surface area contributed by atoms with Crippen LogP contribution in [0.15, 0.2) is 97.1 Å². The Morgan fingerprint density at radius 2 is 1.61 bits per heavy atom. The number of carbonyl (C=O) groups excluding carboxylic acids is 1. The van der Waals surface area contributed by atoms with Gasteiger partial charge in [0.15, 0.2) is 0 Å². The van der Waals surface area contributed by atoms with Crippen LogP contribution >= 0.6 is 0 Å². The Bertz CT molecular complexity index is 1650. The summed E-state index contributed by atoms with van der Waals surface area (Å²) in [6.45, 7) is 3.84. The van der Waals surface area contributed by atoms with Gasteiger partial charge in [-0.05, 0) is 72.1 Å². The summed E-state index contributed by atoms with van der Waals surface area (Å²) in [6.07, 6.45) is -0.304. The quantitative estimate of drug-likeness (QED) is 0.240. The third-order valence-corrected chi connectivity index (χ3v) is 6.63. The number of fused-ring (bicyclic) bond motifs is 2. The first-order valence-electron chi connectivity index (χ1n) is 12.5. The molecule has 2 N–H and O–H groups in total. The third-order valence-electron chi connectivity index (χ3n) is 6.63. The second-order valence-electron chi connectivity index (χ2n) is 9.44. The van der Waals surface area contributed by atoms with E-state index in [0.29, 0.717) is 11.3 Å².